The molecule has 0 saturated carbocycles. The Hall–Kier alpha value is -1.75. The lowest BCUT2D eigenvalue weighted by molar-refractivity contribution is -0.114. The molecule has 1 fully saturated rings. The number of carbonyl (C=O) groups excluding carboxylic acids is 1. The summed E-state index contributed by atoms with van der Waals surface area (Å²) in [6, 6.07) is 6.77. The van der Waals surface area contributed by atoms with Crippen molar-refractivity contribution in [2.75, 3.05) is 26.2 Å². The minimum Gasteiger partial charge on any atom is -0.473 e. The SMILES string of the molecule is O=C(CCCC1CCN(Cc2ccc(F)cc2)CC1)C1=NCCO1. The van der Waals surface area contributed by atoms with Crippen LogP contribution >= 0.6 is 0 Å². The smallest absolute Gasteiger partial charge is 0.253 e. The molecule has 2 heterocycles. The number of hydrogen-bond donors (Lipinski definition) is 0. The molecule has 4 nitrogen and oxygen atoms in total. The summed E-state index contributed by atoms with van der Waals surface area (Å²) in [5, 5.41) is 0. The normalized spacial score (nSPS) is 19.1. The molecular formula is C19H25FN2O2. The lowest BCUT2D eigenvalue weighted by atomic mass is 9.91. The van der Waals surface area contributed by atoms with Crippen molar-refractivity contribution in [3.63, 3.8) is 0 Å². The average molecular weight is 332 g/mol. The highest BCUT2D eigenvalue weighted by Crippen LogP contribution is 2.24. The molecule has 1 saturated heterocycles. The average Bonchev–Trinajstić information content (AvgIpc) is 3.13. The number of ether oxygens (including phenoxy) is 1. The molecule has 0 aromatic heterocycles. The van der Waals surface area contributed by atoms with E-state index in [1.165, 1.54) is 25.0 Å². The number of benzene rings is 1. The second-order valence-electron chi connectivity index (χ2n) is 6.70. The quantitative estimate of drug-likeness (QED) is 0.770. The number of piperidine rings is 1. The molecule has 0 amide bonds. The maximum Gasteiger partial charge on any atom is 0.253 e. The largest absolute Gasteiger partial charge is 0.473 e. The number of Topliss-reactive ketones (excluding diaryl/α,β-unsaturated/α-hetero) is 1. The lowest BCUT2D eigenvalue weighted by Crippen LogP contribution is -2.33. The van der Waals surface area contributed by atoms with Crippen LogP contribution in [0.5, 0.6) is 0 Å². The fraction of sp³-hybridized carbons (Fsp3) is 0.579. The first-order valence-corrected chi connectivity index (χ1v) is 8.88. The van der Waals surface area contributed by atoms with Crippen molar-refractivity contribution in [1.29, 1.82) is 0 Å². The summed E-state index contributed by atoms with van der Waals surface area (Å²) in [5.41, 5.74) is 1.16. The van der Waals surface area contributed by atoms with E-state index >= 15 is 0 Å². The number of nitrogens with zero attached hydrogens (tertiary/aromatic N) is 2. The van der Waals surface area contributed by atoms with E-state index in [0.29, 0.717) is 31.4 Å². The van der Waals surface area contributed by atoms with Gasteiger partial charge >= 0.3 is 0 Å². The Balaban J connectivity index is 1.33. The highest BCUT2D eigenvalue weighted by atomic mass is 19.1. The minimum atomic E-state index is -0.180. The molecule has 0 atom stereocenters. The van der Waals surface area contributed by atoms with Crippen molar-refractivity contribution in [2.45, 2.75) is 38.6 Å². The van der Waals surface area contributed by atoms with Crippen LogP contribution in [0.3, 0.4) is 0 Å². The summed E-state index contributed by atoms with van der Waals surface area (Å²) in [6.07, 6.45) is 4.92. The van der Waals surface area contributed by atoms with Crippen LogP contribution in [0.4, 0.5) is 4.39 Å². The second kappa shape index (κ2) is 8.38. The Morgan fingerprint density at radius 3 is 2.67 bits per heavy atom. The minimum absolute atomic E-state index is 0.0567. The van der Waals surface area contributed by atoms with Crippen molar-refractivity contribution < 1.29 is 13.9 Å². The molecule has 2 aliphatic heterocycles. The Bertz CT molecular complexity index is 578. The zero-order chi connectivity index (χ0) is 16.8. The maximum absolute atomic E-state index is 12.9. The molecule has 5 heteroatoms. The monoisotopic (exact) mass is 332 g/mol. The fourth-order valence-corrected chi connectivity index (χ4v) is 3.44. The van der Waals surface area contributed by atoms with Gasteiger partial charge < -0.3 is 4.74 Å². The van der Waals surface area contributed by atoms with E-state index in [4.69, 9.17) is 4.74 Å². The van der Waals surface area contributed by atoms with Crippen LogP contribution in [-0.2, 0) is 16.1 Å². The van der Waals surface area contributed by atoms with Gasteiger partial charge in [-0.1, -0.05) is 12.1 Å². The van der Waals surface area contributed by atoms with Crippen LogP contribution in [0.15, 0.2) is 29.3 Å². The molecule has 1 aromatic carbocycles. The van der Waals surface area contributed by atoms with Gasteiger partial charge in [0.05, 0.1) is 6.54 Å². The third-order valence-electron chi connectivity index (χ3n) is 4.87. The van der Waals surface area contributed by atoms with Crippen molar-refractivity contribution in [2.24, 2.45) is 10.9 Å². The number of halogens is 1. The summed E-state index contributed by atoms with van der Waals surface area (Å²) in [6.45, 7) is 4.21. The Labute approximate surface area is 142 Å². The zero-order valence-electron chi connectivity index (χ0n) is 14.0. The standard InChI is InChI=1S/C19H25FN2O2/c20-17-6-4-16(5-7-17)14-22-11-8-15(9-12-22)2-1-3-18(23)19-21-10-13-24-19/h4-7,15H,1-3,8-14H2. The number of ketones is 1. The Morgan fingerprint density at radius 1 is 1.25 bits per heavy atom. The van der Waals surface area contributed by atoms with E-state index in [9.17, 15) is 9.18 Å². The predicted molar refractivity (Wildman–Crippen MR) is 91.5 cm³/mol. The summed E-state index contributed by atoms with van der Waals surface area (Å²) in [4.78, 5) is 18.4. The Morgan fingerprint density at radius 2 is 2.00 bits per heavy atom. The van der Waals surface area contributed by atoms with E-state index in [1.807, 2.05) is 12.1 Å². The number of carbonyl (C=O) groups is 1. The van der Waals surface area contributed by atoms with Gasteiger partial charge in [0.1, 0.15) is 12.4 Å². The van der Waals surface area contributed by atoms with Gasteiger partial charge in [-0.2, -0.15) is 0 Å². The maximum atomic E-state index is 12.9. The summed E-state index contributed by atoms with van der Waals surface area (Å²) in [7, 11) is 0. The van der Waals surface area contributed by atoms with Crippen LogP contribution in [-0.4, -0.2) is 42.8 Å². The fourth-order valence-electron chi connectivity index (χ4n) is 3.44. The Kier molecular flexibility index (Phi) is 5.96. The van der Waals surface area contributed by atoms with Crippen LogP contribution in [0.25, 0.3) is 0 Å². The zero-order valence-corrected chi connectivity index (χ0v) is 14.0. The molecule has 130 valence electrons. The molecule has 0 N–H and O–H groups in total. The molecule has 0 unspecified atom stereocenters. The molecular weight excluding hydrogens is 307 g/mol. The molecule has 1 aromatic rings. The number of likely N-dealkylation sites (tertiary alicyclic amines) is 1. The molecule has 0 bridgehead atoms. The molecule has 24 heavy (non-hydrogen) atoms. The summed E-state index contributed by atoms with van der Waals surface area (Å²) >= 11 is 0. The molecule has 0 radical (unpaired) electrons. The third kappa shape index (κ3) is 4.87. The van der Waals surface area contributed by atoms with Crippen LogP contribution in [0, 0.1) is 11.7 Å². The topological polar surface area (TPSA) is 41.9 Å². The van der Waals surface area contributed by atoms with Gasteiger partial charge in [0, 0.05) is 13.0 Å². The van der Waals surface area contributed by atoms with E-state index in [-0.39, 0.29) is 11.6 Å². The first-order valence-electron chi connectivity index (χ1n) is 8.88. The van der Waals surface area contributed by atoms with Crippen LogP contribution in [0.1, 0.15) is 37.7 Å². The summed E-state index contributed by atoms with van der Waals surface area (Å²) in [5.74, 6) is 0.917. The highest BCUT2D eigenvalue weighted by molar-refractivity contribution is 6.36. The van der Waals surface area contributed by atoms with Crippen molar-refractivity contribution in [1.82, 2.24) is 4.90 Å². The van der Waals surface area contributed by atoms with Gasteiger partial charge in [-0.15, -0.1) is 0 Å². The molecule has 3 rings (SSSR count). The van der Waals surface area contributed by atoms with Gasteiger partial charge in [-0.25, -0.2) is 9.38 Å². The van der Waals surface area contributed by atoms with Gasteiger partial charge in [0.25, 0.3) is 5.90 Å². The van der Waals surface area contributed by atoms with Gasteiger partial charge in [-0.3, -0.25) is 9.69 Å². The van der Waals surface area contributed by atoms with Crippen molar-refractivity contribution in [3.8, 4) is 0 Å². The van der Waals surface area contributed by atoms with Crippen LogP contribution < -0.4 is 0 Å². The second-order valence-corrected chi connectivity index (χ2v) is 6.70. The van der Waals surface area contributed by atoms with E-state index in [0.717, 1.165) is 38.0 Å². The van der Waals surface area contributed by atoms with Gasteiger partial charge in [0.2, 0.25) is 5.78 Å². The van der Waals surface area contributed by atoms with Crippen molar-refractivity contribution >= 4 is 11.7 Å². The van der Waals surface area contributed by atoms with Crippen molar-refractivity contribution in [3.05, 3.63) is 35.6 Å². The van der Waals surface area contributed by atoms with Crippen LogP contribution in [0.2, 0.25) is 0 Å². The molecule has 0 aliphatic carbocycles. The highest BCUT2D eigenvalue weighted by Gasteiger charge is 2.21. The molecule has 2 aliphatic rings. The van der Waals surface area contributed by atoms with E-state index < -0.39 is 0 Å². The number of hydrogen-bond acceptors (Lipinski definition) is 4. The van der Waals surface area contributed by atoms with Gasteiger partial charge in [0.15, 0.2) is 0 Å². The predicted octanol–water partition coefficient (Wildman–Crippen LogP) is 3.21. The van der Waals surface area contributed by atoms with E-state index in [2.05, 4.69) is 9.89 Å². The summed E-state index contributed by atoms with van der Waals surface area (Å²) < 4.78 is 18.1. The van der Waals surface area contributed by atoms with E-state index in [1.54, 1.807) is 0 Å². The first-order chi connectivity index (χ1) is 11.7. The molecule has 0 spiro atoms. The number of aliphatic imine (C=N–C) groups is 1. The number of rotatable bonds is 7. The third-order valence-corrected chi connectivity index (χ3v) is 4.87. The lowest BCUT2D eigenvalue weighted by Gasteiger charge is -2.32. The van der Waals surface area contributed by atoms with Gasteiger partial charge in [-0.05, 0) is 62.4 Å². The first kappa shape index (κ1) is 17.1.